The smallest absolute Gasteiger partial charge is 0.349 e. The van der Waals surface area contributed by atoms with E-state index in [0.717, 1.165) is 29.9 Å². The quantitative estimate of drug-likeness (QED) is 0.326. The third kappa shape index (κ3) is 7.30. The fourth-order valence-corrected chi connectivity index (χ4v) is 3.65. The van der Waals surface area contributed by atoms with Crippen LogP contribution in [0, 0.1) is 31.1 Å². The van der Waals surface area contributed by atoms with Crippen LogP contribution in [-0.2, 0) is 30.9 Å². The van der Waals surface area contributed by atoms with Gasteiger partial charge >= 0.3 is 5.97 Å². The Kier molecular flexibility index (Phi) is 8.56. The highest BCUT2D eigenvalue weighted by atomic mass is 32.2. The molecule has 1 aromatic heterocycles. The predicted octanol–water partition coefficient (Wildman–Crippen LogP) is 2.89. The average Bonchev–Trinajstić information content (AvgIpc) is 3.00. The SMILES string of the molecule is Cc1cc(/C=C(\C#N)C(=O)OCC(=O)Nc2ccc(S(N)(=O)=O)cc2)c(C)n1CCC(C)C. The first-order valence-electron chi connectivity index (χ1n) is 10.3. The summed E-state index contributed by atoms with van der Waals surface area (Å²) in [7, 11) is -3.84. The van der Waals surface area contributed by atoms with Gasteiger partial charge in [0.05, 0.1) is 4.90 Å². The van der Waals surface area contributed by atoms with E-state index in [1.807, 2.05) is 26.0 Å². The number of carbonyl (C=O) groups excluding carboxylic acids is 2. The number of anilines is 1. The number of esters is 1. The third-order valence-electron chi connectivity index (χ3n) is 4.98. The number of nitrogens with two attached hydrogens (primary N) is 1. The maximum Gasteiger partial charge on any atom is 0.349 e. The Morgan fingerprint density at radius 2 is 1.88 bits per heavy atom. The van der Waals surface area contributed by atoms with E-state index in [0.29, 0.717) is 11.6 Å². The molecule has 0 atom stereocenters. The van der Waals surface area contributed by atoms with Gasteiger partial charge in [-0.3, -0.25) is 4.79 Å². The Morgan fingerprint density at radius 1 is 1.24 bits per heavy atom. The number of benzene rings is 1. The molecule has 0 aliphatic carbocycles. The van der Waals surface area contributed by atoms with Gasteiger partial charge in [0.1, 0.15) is 11.6 Å². The molecule has 0 aliphatic rings. The van der Waals surface area contributed by atoms with Gasteiger partial charge in [0.25, 0.3) is 5.91 Å². The van der Waals surface area contributed by atoms with Gasteiger partial charge < -0.3 is 14.6 Å². The molecule has 1 heterocycles. The van der Waals surface area contributed by atoms with Crippen molar-refractivity contribution in [3.05, 3.63) is 52.9 Å². The topological polar surface area (TPSA) is 144 Å². The highest BCUT2D eigenvalue weighted by Gasteiger charge is 2.16. The van der Waals surface area contributed by atoms with Crippen LogP contribution in [0.4, 0.5) is 5.69 Å². The Balaban J connectivity index is 2.02. The lowest BCUT2D eigenvalue weighted by atomic mass is 10.1. The number of amides is 1. The van der Waals surface area contributed by atoms with Crippen LogP contribution in [0.3, 0.4) is 0 Å². The number of hydrogen-bond acceptors (Lipinski definition) is 6. The molecule has 0 aliphatic heterocycles. The minimum atomic E-state index is -3.84. The van der Waals surface area contributed by atoms with Gasteiger partial charge in [0.2, 0.25) is 10.0 Å². The van der Waals surface area contributed by atoms with Crippen molar-refractivity contribution < 1.29 is 22.7 Å². The molecule has 0 radical (unpaired) electrons. The number of primary sulfonamides is 1. The Morgan fingerprint density at radius 3 is 2.42 bits per heavy atom. The van der Waals surface area contributed by atoms with Crippen LogP contribution in [0.1, 0.15) is 37.2 Å². The summed E-state index contributed by atoms with van der Waals surface area (Å²) in [5.74, 6) is -1.01. The Hall–Kier alpha value is -3.42. The molecule has 33 heavy (non-hydrogen) atoms. The first kappa shape index (κ1) is 25.8. The van der Waals surface area contributed by atoms with Crippen LogP contribution < -0.4 is 10.5 Å². The van der Waals surface area contributed by atoms with Crippen LogP contribution in [0.15, 0.2) is 40.8 Å². The molecule has 0 spiro atoms. The zero-order valence-electron chi connectivity index (χ0n) is 19.1. The van der Waals surface area contributed by atoms with Crippen molar-refractivity contribution in [3.63, 3.8) is 0 Å². The number of hydrogen-bond donors (Lipinski definition) is 2. The van der Waals surface area contributed by atoms with Crippen molar-refractivity contribution >= 4 is 33.7 Å². The summed E-state index contributed by atoms with van der Waals surface area (Å²) in [4.78, 5) is 24.3. The van der Waals surface area contributed by atoms with Gasteiger partial charge in [0.15, 0.2) is 6.61 Å². The van der Waals surface area contributed by atoms with E-state index in [-0.39, 0.29) is 10.5 Å². The van der Waals surface area contributed by atoms with Crippen molar-refractivity contribution in [1.29, 1.82) is 5.26 Å². The van der Waals surface area contributed by atoms with E-state index in [1.165, 1.54) is 30.3 Å². The van der Waals surface area contributed by atoms with Gasteiger partial charge in [-0.05, 0) is 68.2 Å². The van der Waals surface area contributed by atoms with E-state index in [2.05, 4.69) is 23.7 Å². The Labute approximate surface area is 193 Å². The van der Waals surface area contributed by atoms with Crippen LogP contribution >= 0.6 is 0 Å². The normalized spacial score (nSPS) is 11.8. The summed E-state index contributed by atoms with van der Waals surface area (Å²) < 4.78 is 29.6. The molecule has 9 nitrogen and oxygen atoms in total. The first-order chi connectivity index (χ1) is 15.4. The molecule has 0 saturated heterocycles. The Bertz CT molecular complexity index is 1200. The fraction of sp³-hybridized carbons (Fsp3) is 0.348. The summed E-state index contributed by atoms with van der Waals surface area (Å²) >= 11 is 0. The van der Waals surface area contributed by atoms with Crippen LogP contribution in [-0.4, -0.2) is 31.5 Å². The van der Waals surface area contributed by atoms with Gasteiger partial charge in [0, 0.05) is 23.6 Å². The highest BCUT2D eigenvalue weighted by molar-refractivity contribution is 7.89. The second-order valence-corrected chi connectivity index (χ2v) is 9.59. The number of aromatic nitrogens is 1. The van der Waals surface area contributed by atoms with E-state index in [1.54, 1.807) is 0 Å². The van der Waals surface area contributed by atoms with Gasteiger partial charge in [-0.15, -0.1) is 0 Å². The molecule has 0 unspecified atom stereocenters. The number of sulfonamides is 1. The second kappa shape index (κ2) is 10.9. The minimum Gasteiger partial charge on any atom is -0.451 e. The number of carbonyl (C=O) groups is 2. The molecule has 176 valence electrons. The fourth-order valence-electron chi connectivity index (χ4n) is 3.13. The zero-order chi connectivity index (χ0) is 24.8. The van der Waals surface area contributed by atoms with Gasteiger partial charge in [-0.1, -0.05) is 13.8 Å². The van der Waals surface area contributed by atoms with E-state index in [4.69, 9.17) is 9.88 Å². The summed E-state index contributed by atoms with van der Waals surface area (Å²) in [6, 6.07) is 8.92. The van der Waals surface area contributed by atoms with Crippen molar-refractivity contribution in [3.8, 4) is 6.07 Å². The molecule has 1 amide bonds. The maximum atomic E-state index is 12.3. The molecule has 3 N–H and O–H groups in total. The number of nitrogens with one attached hydrogen (secondary N) is 1. The summed E-state index contributed by atoms with van der Waals surface area (Å²) in [5.41, 5.74) is 2.79. The molecule has 0 fully saturated rings. The maximum absolute atomic E-state index is 12.3. The second-order valence-electron chi connectivity index (χ2n) is 8.02. The summed E-state index contributed by atoms with van der Waals surface area (Å²) in [5, 5.41) is 16.9. The first-order valence-corrected chi connectivity index (χ1v) is 11.9. The van der Waals surface area contributed by atoms with Crippen LogP contribution in [0.5, 0.6) is 0 Å². The number of ether oxygens (including phenoxy) is 1. The number of nitriles is 1. The van der Waals surface area contributed by atoms with Crippen molar-refractivity contribution in [2.24, 2.45) is 11.1 Å². The summed E-state index contributed by atoms with van der Waals surface area (Å²) in [6.45, 7) is 8.42. The highest BCUT2D eigenvalue weighted by Crippen LogP contribution is 2.20. The van der Waals surface area contributed by atoms with Crippen molar-refractivity contribution in [2.45, 2.75) is 45.6 Å². The lowest BCUT2D eigenvalue weighted by molar-refractivity contribution is -0.142. The van der Waals surface area contributed by atoms with Gasteiger partial charge in [-0.2, -0.15) is 5.26 Å². The largest absolute Gasteiger partial charge is 0.451 e. The third-order valence-corrected chi connectivity index (χ3v) is 5.91. The number of aryl methyl sites for hydroxylation is 1. The number of rotatable bonds is 9. The van der Waals surface area contributed by atoms with Gasteiger partial charge in [-0.25, -0.2) is 18.4 Å². The average molecular weight is 473 g/mol. The lowest BCUT2D eigenvalue weighted by Crippen LogP contribution is -2.21. The monoisotopic (exact) mass is 472 g/mol. The molecule has 2 aromatic rings. The molecule has 2 rings (SSSR count). The predicted molar refractivity (Wildman–Crippen MR) is 124 cm³/mol. The molecule has 1 aromatic carbocycles. The molecule has 0 saturated carbocycles. The van der Waals surface area contributed by atoms with Crippen LogP contribution in [0.25, 0.3) is 6.08 Å². The van der Waals surface area contributed by atoms with E-state index < -0.39 is 28.5 Å². The van der Waals surface area contributed by atoms with Crippen LogP contribution in [0.2, 0.25) is 0 Å². The zero-order valence-corrected chi connectivity index (χ0v) is 19.9. The molecular weight excluding hydrogens is 444 g/mol. The minimum absolute atomic E-state index is 0.0979. The molecule has 10 heteroatoms. The van der Waals surface area contributed by atoms with Crippen molar-refractivity contribution in [2.75, 3.05) is 11.9 Å². The summed E-state index contributed by atoms with van der Waals surface area (Å²) in [6.07, 6.45) is 2.47. The van der Waals surface area contributed by atoms with E-state index in [9.17, 15) is 23.3 Å². The number of nitrogens with zero attached hydrogens (tertiary/aromatic N) is 2. The molecule has 0 bridgehead atoms. The molecular formula is C23H28N4O5S. The van der Waals surface area contributed by atoms with E-state index >= 15 is 0 Å². The van der Waals surface area contributed by atoms with Crippen molar-refractivity contribution in [1.82, 2.24) is 4.57 Å². The lowest BCUT2D eigenvalue weighted by Gasteiger charge is -2.11. The standard InChI is InChI=1S/C23H28N4O5S/c1-15(2)9-10-27-16(3)11-18(17(27)4)12-19(13-24)23(29)32-14-22(28)26-20-5-7-21(8-6-20)33(25,30)31/h5-8,11-12,15H,9-10,14H2,1-4H3,(H,26,28)(H2,25,30,31)/b19-12+.